The van der Waals surface area contributed by atoms with Gasteiger partial charge in [0.05, 0.1) is 6.61 Å². The van der Waals surface area contributed by atoms with E-state index in [1.807, 2.05) is 20.0 Å². The van der Waals surface area contributed by atoms with Gasteiger partial charge in [0.1, 0.15) is 17.5 Å². The highest BCUT2D eigenvalue weighted by Crippen LogP contribution is 2.10. The van der Waals surface area contributed by atoms with Crippen molar-refractivity contribution in [2.75, 3.05) is 30.8 Å². The van der Waals surface area contributed by atoms with E-state index in [0.29, 0.717) is 6.54 Å². The molecule has 0 atom stereocenters. The molecule has 1 rings (SSSR count). The molecule has 1 aromatic heterocycles. The van der Waals surface area contributed by atoms with Crippen molar-refractivity contribution in [3.63, 3.8) is 0 Å². The lowest BCUT2D eigenvalue weighted by atomic mass is 10.4. The third kappa shape index (κ3) is 2.85. The Kier molecular flexibility index (Phi) is 4.12. The summed E-state index contributed by atoms with van der Waals surface area (Å²) in [6.45, 7) is 2.61. The van der Waals surface area contributed by atoms with Crippen molar-refractivity contribution in [1.82, 2.24) is 9.97 Å². The van der Waals surface area contributed by atoms with Gasteiger partial charge < -0.3 is 15.7 Å². The molecule has 0 radical (unpaired) electrons. The molecule has 1 aromatic rings. The van der Waals surface area contributed by atoms with Gasteiger partial charge >= 0.3 is 0 Å². The fourth-order valence-corrected chi connectivity index (χ4v) is 1.06. The molecule has 0 aliphatic rings. The van der Waals surface area contributed by atoms with Gasteiger partial charge in [-0.15, -0.1) is 0 Å². The molecule has 78 valence electrons. The number of rotatable bonds is 5. The molecule has 0 saturated carbocycles. The third-order valence-electron chi connectivity index (χ3n) is 1.76. The first-order valence-electron chi connectivity index (χ1n) is 4.70. The van der Waals surface area contributed by atoms with Crippen LogP contribution in [0.4, 0.5) is 11.6 Å². The van der Waals surface area contributed by atoms with Crippen LogP contribution in [0.25, 0.3) is 0 Å². The number of nitrogens with one attached hydrogen (secondary N) is 2. The number of aliphatic hydroxyl groups excluding tert-OH is 1. The van der Waals surface area contributed by atoms with Gasteiger partial charge in [0.15, 0.2) is 0 Å². The number of hydrogen-bond donors (Lipinski definition) is 3. The summed E-state index contributed by atoms with van der Waals surface area (Å²) in [6.07, 6.45) is 0.795. The number of aromatic nitrogens is 2. The van der Waals surface area contributed by atoms with Crippen molar-refractivity contribution in [2.24, 2.45) is 0 Å². The van der Waals surface area contributed by atoms with Crippen LogP contribution in [0, 0.1) is 0 Å². The van der Waals surface area contributed by atoms with E-state index < -0.39 is 0 Å². The Morgan fingerprint density at radius 3 is 2.64 bits per heavy atom. The van der Waals surface area contributed by atoms with Crippen LogP contribution in [0.5, 0.6) is 0 Å². The molecule has 5 nitrogen and oxygen atoms in total. The lowest BCUT2D eigenvalue weighted by molar-refractivity contribution is 0.311. The predicted octanol–water partition coefficient (Wildman–Crippen LogP) is 0.485. The Balaban J connectivity index is 2.81. The van der Waals surface area contributed by atoms with Gasteiger partial charge in [0.2, 0.25) is 0 Å². The maximum absolute atomic E-state index is 8.66. The zero-order valence-electron chi connectivity index (χ0n) is 8.54. The fourth-order valence-electron chi connectivity index (χ4n) is 1.06. The molecule has 1 heterocycles. The summed E-state index contributed by atoms with van der Waals surface area (Å²) in [5, 5.41) is 14.6. The first kappa shape index (κ1) is 10.7. The van der Waals surface area contributed by atoms with E-state index in [2.05, 4.69) is 20.6 Å². The van der Waals surface area contributed by atoms with Crippen LogP contribution in [0.3, 0.4) is 0 Å². The first-order chi connectivity index (χ1) is 6.80. The Morgan fingerprint density at radius 2 is 2.07 bits per heavy atom. The monoisotopic (exact) mass is 196 g/mol. The summed E-state index contributed by atoms with van der Waals surface area (Å²) >= 11 is 0. The molecule has 14 heavy (non-hydrogen) atoms. The molecule has 0 fully saturated rings. The van der Waals surface area contributed by atoms with Crippen LogP contribution in [0.15, 0.2) is 6.07 Å². The van der Waals surface area contributed by atoms with Crippen molar-refractivity contribution >= 4 is 11.6 Å². The van der Waals surface area contributed by atoms with Crippen LogP contribution >= 0.6 is 0 Å². The lowest BCUT2D eigenvalue weighted by Gasteiger charge is -2.07. The summed E-state index contributed by atoms with van der Waals surface area (Å²) in [4.78, 5) is 8.52. The average Bonchev–Trinajstić information content (AvgIpc) is 2.25. The van der Waals surface area contributed by atoms with E-state index in [1.54, 1.807) is 0 Å². The van der Waals surface area contributed by atoms with E-state index in [1.165, 1.54) is 0 Å². The normalized spacial score (nSPS) is 9.93. The molecule has 0 amide bonds. The molecular formula is C9H16N4O. The molecule has 0 aromatic carbocycles. The van der Waals surface area contributed by atoms with Gasteiger partial charge in [-0.25, -0.2) is 9.97 Å². The molecule has 0 unspecified atom stereocenters. The van der Waals surface area contributed by atoms with E-state index in [4.69, 9.17) is 5.11 Å². The number of aryl methyl sites for hydroxylation is 1. The molecule has 0 bridgehead atoms. The minimum Gasteiger partial charge on any atom is -0.395 e. The summed E-state index contributed by atoms with van der Waals surface area (Å²) < 4.78 is 0. The largest absolute Gasteiger partial charge is 0.395 e. The van der Waals surface area contributed by atoms with E-state index >= 15 is 0 Å². The minimum absolute atomic E-state index is 0.0976. The van der Waals surface area contributed by atoms with Crippen molar-refractivity contribution in [3.05, 3.63) is 11.9 Å². The van der Waals surface area contributed by atoms with Gasteiger partial charge in [0, 0.05) is 26.1 Å². The summed E-state index contributed by atoms with van der Waals surface area (Å²) in [7, 11) is 1.82. The minimum atomic E-state index is 0.0976. The van der Waals surface area contributed by atoms with Gasteiger partial charge in [-0.3, -0.25) is 0 Å². The number of anilines is 2. The quantitative estimate of drug-likeness (QED) is 0.639. The van der Waals surface area contributed by atoms with Crippen molar-refractivity contribution in [3.8, 4) is 0 Å². The maximum Gasteiger partial charge on any atom is 0.132 e. The third-order valence-corrected chi connectivity index (χ3v) is 1.76. The zero-order chi connectivity index (χ0) is 10.4. The van der Waals surface area contributed by atoms with Gasteiger partial charge in [0.25, 0.3) is 0 Å². The zero-order valence-corrected chi connectivity index (χ0v) is 8.54. The summed E-state index contributed by atoms with van der Waals surface area (Å²) in [6, 6.07) is 1.81. The Morgan fingerprint density at radius 1 is 1.36 bits per heavy atom. The highest BCUT2D eigenvalue weighted by Gasteiger charge is 2.00. The summed E-state index contributed by atoms with van der Waals surface area (Å²) in [5.74, 6) is 2.32. The Hall–Kier alpha value is -1.36. The average molecular weight is 196 g/mol. The van der Waals surface area contributed by atoms with Gasteiger partial charge in [-0.2, -0.15) is 0 Å². The summed E-state index contributed by atoms with van der Waals surface area (Å²) in [5.41, 5.74) is 0. The van der Waals surface area contributed by atoms with Crippen LogP contribution in [-0.2, 0) is 6.42 Å². The van der Waals surface area contributed by atoms with Crippen molar-refractivity contribution < 1.29 is 5.11 Å². The molecule has 5 heteroatoms. The molecule has 3 N–H and O–H groups in total. The second kappa shape index (κ2) is 5.39. The lowest BCUT2D eigenvalue weighted by Crippen LogP contribution is -2.09. The Bertz CT molecular complexity index is 268. The molecular weight excluding hydrogens is 180 g/mol. The molecule has 0 aliphatic heterocycles. The van der Waals surface area contributed by atoms with E-state index in [9.17, 15) is 0 Å². The van der Waals surface area contributed by atoms with Crippen LogP contribution in [0.1, 0.15) is 12.7 Å². The molecule has 0 saturated heterocycles. The van der Waals surface area contributed by atoms with Crippen molar-refractivity contribution in [2.45, 2.75) is 13.3 Å². The highest BCUT2D eigenvalue weighted by molar-refractivity contribution is 5.47. The topological polar surface area (TPSA) is 70.1 Å². The number of nitrogens with zero attached hydrogens (tertiary/aromatic N) is 2. The fraction of sp³-hybridized carbons (Fsp3) is 0.556. The number of aliphatic hydroxyl groups is 1. The van der Waals surface area contributed by atoms with E-state index in [0.717, 1.165) is 23.9 Å². The van der Waals surface area contributed by atoms with Crippen LogP contribution in [0.2, 0.25) is 0 Å². The van der Waals surface area contributed by atoms with Crippen molar-refractivity contribution in [1.29, 1.82) is 0 Å². The Labute approximate surface area is 83.6 Å². The highest BCUT2D eigenvalue weighted by atomic mass is 16.3. The predicted molar refractivity (Wildman–Crippen MR) is 56.5 cm³/mol. The van der Waals surface area contributed by atoms with Gasteiger partial charge in [-0.1, -0.05) is 6.92 Å². The number of hydrogen-bond acceptors (Lipinski definition) is 5. The standard InChI is InChI=1S/C9H16N4O/c1-3-7-12-8(10-2)6-9(13-7)11-4-5-14/h6,14H,3-5H2,1-2H3,(H2,10,11,12,13). The van der Waals surface area contributed by atoms with Crippen LogP contribution in [-0.4, -0.2) is 35.3 Å². The van der Waals surface area contributed by atoms with E-state index in [-0.39, 0.29) is 6.61 Å². The molecule has 0 aliphatic carbocycles. The maximum atomic E-state index is 8.66. The smallest absolute Gasteiger partial charge is 0.132 e. The second-order valence-corrected chi connectivity index (χ2v) is 2.81. The first-order valence-corrected chi connectivity index (χ1v) is 4.70. The SMILES string of the molecule is CCc1nc(NC)cc(NCCO)n1. The van der Waals surface area contributed by atoms with Crippen LogP contribution < -0.4 is 10.6 Å². The second-order valence-electron chi connectivity index (χ2n) is 2.81. The van der Waals surface area contributed by atoms with Gasteiger partial charge in [-0.05, 0) is 0 Å². The molecule has 0 spiro atoms.